The minimum Gasteiger partial charge on any atom is -0.469 e. The van der Waals surface area contributed by atoms with Gasteiger partial charge < -0.3 is 14.7 Å². The highest BCUT2D eigenvalue weighted by Crippen LogP contribution is 2.41. The molecule has 0 atom stereocenters. The van der Waals surface area contributed by atoms with Crippen LogP contribution in [0, 0.1) is 13.8 Å². The number of aromatic amines is 2. The molecule has 256 valence electrons. The van der Waals surface area contributed by atoms with Crippen LogP contribution in [0.25, 0.3) is 44.4 Å². The summed E-state index contributed by atoms with van der Waals surface area (Å²) in [5.41, 5.74) is 14.0. The van der Waals surface area contributed by atoms with Crippen LogP contribution in [0.5, 0.6) is 0 Å². The normalized spacial score (nSPS) is 14.4. The molecule has 3 aromatic heterocycles. The van der Waals surface area contributed by atoms with E-state index in [2.05, 4.69) is 50.7 Å². The summed E-state index contributed by atoms with van der Waals surface area (Å²) in [4.78, 5) is 60.1. The summed E-state index contributed by atoms with van der Waals surface area (Å²) in [5, 5.41) is 0. The van der Waals surface area contributed by atoms with Crippen LogP contribution in [0.15, 0.2) is 18.2 Å². The minimum absolute atomic E-state index is 0.136. The smallest absolute Gasteiger partial charge is 0.305 e. The number of unbranched alkanes of at least 4 members (excludes halogenated alkanes) is 3. The Labute approximate surface area is 287 Å². The molecule has 49 heavy (non-hydrogen) atoms. The average Bonchev–Trinajstić information content (AvgIpc) is 3.76. The standard InChI is InChI=1S/C40H47N5O4/c1-9-12-13-14-17-45-39(47)35-24(7)31-20-33-26(11-3)22(5)29(42-33)19-32-25(10-2)21(4)28(41-32)18-30-23(6)27(15-16-34(46)49-8)37(43-30)36(40(45)48)38(35)44-31/h18-20,41,44H,9-17H2,1-8H3. The van der Waals surface area contributed by atoms with Crippen molar-refractivity contribution < 1.29 is 19.1 Å². The molecule has 0 saturated carbocycles. The second-order valence-electron chi connectivity index (χ2n) is 13.3. The molecule has 3 aliphatic heterocycles. The number of carbonyl (C=O) groups is 3. The van der Waals surface area contributed by atoms with Crippen molar-refractivity contribution in [1.82, 2.24) is 24.8 Å². The van der Waals surface area contributed by atoms with E-state index in [0.717, 1.165) is 99.9 Å². The molecule has 0 saturated heterocycles. The SMILES string of the molecule is CCCCCCN1C(=O)c2c3nc(cc4[nH]c(cc5nc(cc6[nH]c2c(c6C)C1=O)C(CC)=C5C)c(CC)c4C)C(C)=C3CCC(=O)OC. The summed E-state index contributed by atoms with van der Waals surface area (Å²) in [6.07, 6.45) is 5.85. The highest BCUT2D eigenvalue weighted by molar-refractivity contribution is 6.24. The van der Waals surface area contributed by atoms with Crippen molar-refractivity contribution >= 4 is 62.1 Å². The third-order valence-electron chi connectivity index (χ3n) is 10.5. The van der Waals surface area contributed by atoms with Gasteiger partial charge in [0.05, 0.1) is 46.5 Å². The quantitative estimate of drug-likeness (QED) is 0.127. The lowest BCUT2D eigenvalue weighted by Crippen LogP contribution is -2.41. The number of fused-ring (bicyclic) bond motifs is 8. The lowest BCUT2D eigenvalue weighted by Gasteiger charge is -2.26. The molecule has 8 bridgehead atoms. The molecular formula is C40H47N5O4. The number of allylic oxidation sites excluding steroid dienone is 4. The van der Waals surface area contributed by atoms with Gasteiger partial charge in [-0.25, -0.2) is 9.97 Å². The first-order valence-electron chi connectivity index (χ1n) is 17.7. The van der Waals surface area contributed by atoms with Crippen molar-refractivity contribution in [3.63, 3.8) is 0 Å². The van der Waals surface area contributed by atoms with Gasteiger partial charge in [0.1, 0.15) is 0 Å². The molecule has 9 heteroatoms. The summed E-state index contributed by atoms with van der Waals surface area (Å²) in [6.45, 7) is 14.9. The molecule has 2 N–H and O–H groups in total. The number of amides is 2. The molecule has 3 aromatic rings. The van der Waals surface area contributed by atoms with E-state index in [1.807, 2.05) is 26.0 Å². The number of carbonyl (C=O) groups excluding carboxylic acids is 3. The van der Waals surface area contributed by atoms with Crippen LogP contribution in [0.3, 0.4) is 0 Å². The number of hydrogen-bond acceptors (Lipinski definition) is 6. The zero-order valence-electron chi connectivity index (χ0n) is 30.1. The minimum atomic E-state index is -0.369. The van der Waals surface area contributed by atoms with Gasteiger partial charge in [-0.1, -0.05) is 40.0 Å². The molecule has 0 fully saturated rings. The van der Waals surface area contributed by atoms with Crippen LogP contribution in [0.4, 0.5) is 0 Å². The molecule has 3 aliphatic rings. The number of nitrogens with zero attached hydrogens (tertiary/aromatic N) is 3. The fourth-order valence-corrected chi connectivity index (χ4v) is 7.53. The fourth-order valence-electron chi connectivity index (χ4n) is 7.53. The van der Waals surface area contributed by atoms with E-state index >= 15 is 0 Å². The largest absolute Gasteiger partial charge is 0.469 e. The van der Waals surface area contributed by atoms with Crippen molar-refractivity contribution in [1.29, 1.82) is 0 Å². The Hall–Kier alpha value is -4.79. The monoisotopic (exact) mass is 661 g/mol. The van der Waals surface area contributed by atoms with E-state index in [1.54, 1.807) is 0 Å². The van der Waals surface area contributed by atoms with Crippen LogP contribution < -0.4 is 0 Å². The predicted molar refractivity (Wildman–Crippen MR) is 196 cm³/mol. The fraction of sp³-hybridized carbons (Fsp3) is 0.425. The van der Waals surface area contributed by atoms with E-state index in [0.29, 0.717) is 41.0 Å². The van der Waals surface area contributed by atoms with Gasteiger partial charge in [-0.15, -0.1) is 0 Å². The Morgan fingerprint density at radius 3 is 2.10 bits per heavy atom. The molecule has 0 spiro atoms. The molecule has 0 aromatic carbocycles. The third-order valence-corrected chi connectivity index (χ3v) is 10.5. The first kappa shape index (κ1) is 34.1. The zero-order chi connectivity index (χ0) is 35.1. The van der Waals surface area contributed by atoms with E-state index in [9.17, 15) is 14.4 Å². The number of rotatable bonds is 10. The van der Waals surface area contributed by atoms with Gasteiger partial charge >= 0.3 is 5.97 Å². The molecule has 2 amide bonds. The van der Waals surface area contributed by atoms with Crippen molar-refractivity contribution in [2.75, 3.05) is 13.7 Å². The number of hydrogen-bond donors (Lipinski definition) is 2. The summed E-state index contributed by atoms with van der Waals surface area (Å²) in [7, 11) is 1.38. The molecule has 0 radical (unpaired) electrons. The number of methoxy groups -OCH3 is 1. The van der Waals surface area contributed by atoms with Crippen molar-refractivity contribution in [3.8, 4) is 0 Å². The first-order valence-corrected chi connectivity index (χ1v) is 17.7. The lowest BCUT2D eigenvalue weighted by molar-refractivity contribution is -0.140. The molecule has 0 unspecified atom stereocenters. The topological polar surface area (TPSA) is 121 Å². The first-order chi connectivity index (χ1) is 23.5. The average molecular weight is 662 g/mol. The Bertz CT molecular complexity index is 2130. The van der Waals surface area contributed by atoms with Crippen LogP contribution in [0.1, 0.15) is 140 Å². The van der Waals surface area contributed by atoms with Crippen LogP contribution >= 0.6 is 0 Å². The summed E-state index contributed by atoms with van der Waals surface area (Å²) in [6, 6.07) is 6.18. The van der Waals surface area contributed by atoms with Crippen molar-refractivity contribution in [2.45, 2.75) is 99.8 Å². The number of H-pyrrole nitrogens is 2. The van der Waals surface area contributed by atoms with E-state index in [-0.39, 0.29) is 24.2 Å². The van der Waals surface area contributed by atoms with E-state index in [4.69, 9.17) is 14.7 Å². The number of imide groups is 1. The maximum absolute atomic E-state index is 14.6. The van der Waals surface area contributed by atoms with Gasteiger partial charge in [-0.3, -0.25) is 19.3 Å². The van der Waals surface area contributed by atoms with Crippen molar-refractivity contribution in [2.24, 2.45) is 0 Å². The molecule has 9 nitrogen and oxygen atoms in total. The number of aromatic nitrogens is 4. The molecule has 6 heterocycles. The van der Waals surface area contributed by atoms with Gasteiger partial charge in [0, 0.05) is 29.5 Å². The Kier molecular flexibility index (Phi) is 9.47. The maximum atomic E-state index is 14.6. The van der Waals surface area contributed by atoms with Crippen molar-refractivity contribution in [3.05, 3.63) is 68.8 Å². The van der Waals surface area contributed by atoms with Crippen LogP contribution in [0.2, 0.25) is 0 Å². The van der Waals surface area contributed by atoms with Gasteiger partial charge in [0.25, 0.3) is 11.8 Å². The van der Waals surface area contributed by atoms with Gasteiger partial charge in [0.15, 0.2) is 0 Å². The van der Waals surface area contributed by atoms with E-state index in [1.165, 1.54) is 17.6 Å². The maximum Gasteiger partial charge on any atom is 0.305 e. The Morgan fingerprint density at radius 2 is 1.41 bits per heavy atom. The number of esters is 1. The Morgan fingerprint density at radius 1 is 0.755 bits per heavy atom. The molecular weight excluding hydrogens is 614 g/mol. The number of nitrogens with one attached hydrogen (secondary N) is 2. The van der Waals surface area contributed by atoms with Gasteiger partial charge in [0.2, 0.25) is 0 Å². The number of aryl methyl sites for hydroxylation is 3. The predicted octanol–water partition coefficient (Wildman–Crippen LogP) is 8.89. The Balaban J connectivity index is 1.76. The van der Waals surface area contributed by atoms with Gasteiger partial charge in [-0.05, 0) is 111 Å². The zero-order valence-corrected chi connectivity index (χ0v) is 30.1. The summed E-state index contributed by atoms with van der Waals surface area (Å²) >= 11 is 0. The molecule has 6 rings (SSSR count). The summed E-state index contributed by atoms with van der Waals surface area (Å²) in [5.74, 6) is -1.01. The lowest BCUT2D eigenvalue weighted by atomic mass is 9.94. The second-order valence-corrected chi connectivity index (χ2v) is 13.3. The summed E-state index contributed by atoms with van der Waals surface area (Å²) < 4.78 is 5.00. The third kappa shape index (κ3) is 5.83. The van der Waals surface area contributed by atoms with E-state index < -0.39 is 0 Å². The van der Waals surface area contributed by atoms with Crippen LogP contribution in [-0.2, 0) is 16.0 Å². The number of ether oxygens (including phenoxy) is 1. The highest BCUT2D eigenvalue weighted by Gasteiger charge is 2.38. The van der Waals surface area contributed by atoms with Crippen LogP contribution in [-0.4, -0.2) is 56.3 Å². The highest BCUT2D eigenvalue weighted by atomic mass is 16.5. The molecule has 0 aliphatic carbocycles. The van der Waals surface area contributed by atoms with Gasteiger partial charge in [-0.2, -0.15) is 0 Å². The second kappa shape index (κ2) is 13.6.